The fraction of sp³-hybridized carbons (Fsp3) is 0.643. The summed E-state index contributed by atoms with van der Waals surface area (Å²) in [5.41, 5.74) is 1.71. The molecule has 1 aliphatic carbocycles. The van der Waals surface area contributed by atoms with Gasteiger partial charge in [-0.2, -0.15) is 0 Å². The molecule has 0 aromatic carbocycles. The minimum atomic E-state index is -0.272. The molecular weight excluding hydrogens is 232 g/mol. The number of esters is 1. The van der Waals surface area contributed by atoms with Gasteiger partial charge in [0.25, 0.3) is 0 Å². The normalized spacial score (nSPS) is 37.7. The first-order valence-corrected chi connectivity index (χ1v) is 6.55. The van der Waals surface area contributed by atoms with E-state index in [4.69, 9.17) is 14.2 Å². The Balaban J connectivity index is 1.79. The molecule has 18 heavy (non-hydrogen) atoms. The van der Waals surface area contributed by atoms with E-state index >= 15 is 0 Å². The van der Waals surface area contributed by atoms with E-state index in [1.54, 1.807) is 0 Å². The number of carbonyl (C=O) groups excluding carboxylic acids is 1. The molecular formula is C14H18O4. The first-order valence-electron chi connectivity index (χ1n) is 6.55. The summed E-state index contributed by atoms with van der Waals surface area (Å²) < 4.78 is 15.8. The Bertz CT molecular complexity index is 424. The quantitative estimate of drug-likeness (QED) is 0.433. The van der Waals surface area contributed by atoms with Gasteiger partial charge < -0.3 is 14.2 Å². The predicted octanol–water partition coefficient (Wildman–Crippen LogP) is 1.75. The van der Waals surface area contributed by atoms with E-state index in [2.05, 4.69) is 13.0 Å². The molecule has 0 radical (unpaired) electrons. The zero-order chi connectivity index (χ0) is 12.7. The highest BCUT2D eigenvalue weighted by Crippen LogP contribution is 2.38. The highest BCUT2D eigenvalue weighted by Gasteiger charge is 2.42. The third-order valence-corrected chi connectivity index (χ3v) is 3.79. The van der Waals surface area contributed by atoms with Crippen LogP contribution in [0.5, 0.6) is 0 Å². The minimum Gasteiger partial charge on any atom is -0.465 e. The van der Waals surface area contributed by atoms with Crippen molar-refractivity contribution in [3.05, 3.63) is 23.3 Å². The molecule has 2 saturated heterocycles. The molecule has 4 heteroatoms. The van der Waals surface area contributed by atoms with Gasteiger partial charge in [-0.25, -0.2) is 4.79 Å². The van der Waals surface area contributed by atoms with Gasteiger partial charge in [0.2, 0.25) is 0 Å². The average Bonchev–Trinajstić information content (AvgIpc) is 3.28. The van der Waals surface area contributed by atoms with Crippen LogP contribution in [0.4, 0.5) is 0 Å². The van der Waals surface area contributed by atoms with Crippen LogP contribution in [-0.2, 0) is 19.0 Å². The molecule has 2 aliphatic heterocycles. The van der Waals surface area contributed by atoms with Crippen LogP contribution in [0.25, 0.3) is 0 Å². The maximum absolute atomic E-state index is 11.9. The highest BCUT2D eigenvalue weighted by molar-refractivity contribution is 5.93. The van der Waals surface area contributed by atoms with Gasteiger partial charge in [0, 0.05) is 0 Å². The van der Waals surface area contributed by atoms with Gasteiger partial charge in [0.15, 0.2) is 0 Å². The average molecular weight is 250 g/mol. The molecule has 3 rings (SSSR count). The highest BCUT2D eigenvalue weighted by atomic mass is 16.6. The Morgan fingerprint density at radius 2 is 2.39 bits per heavy atom. The van der Waals surface area contributed by atoms with Crippen molar-refractivity contribution in [2.75, 3.05) is 7.11 Å². The Kier molecular flexibility index (Phi) is 2.99. The van der Waals surface area contributed by atoms with Crippen LogP contribution in [0.3, 0.4) is 0 Å². The fourth-order valence-corrected chi connectivity index (χ4v) is 2.55. The molecule has 2 heterocycles. The van der Waals surface area contributed by atoms with Crippen LogP contribution >= 0.6 is 0 Å². The molecule has 0 spiro atoms. The summed E-state index contributed by atoms with van der Waals surface area (Å²) in [5, 5.41) is 0. The second kappa shape index (κ2) is 4.52. The SMILES string of the molecule is CCC1OC1C=C(C(=O)OC)C1=CC2OC2CC1. The Labute approximate surface area is 107 Å². The van der Waals surface area contributed by atoms with Gasteiger partial charge in [-0.3, -0.25) is 0 Å². The van der Waals surface area contributed by atoms with E-state index in [-0.39, 0.29) is 24.3 Å². The largest absolute Gasteiger partial charge is 0.465 e. The number of rotatable bonds is 4. The number of carbonyl (C=O) groups is 1. The monoisotopic (exact) mass is 250 g/mol. The van der Waals surface area contributed by atoms with Crippen LogP contribution in [0.1, 0.15) is 26.2 Å². The van der Waals surface area contributed by atoms with Crippen molar-refractivity contribution in [3.63, 3.8) is 0 Å². The molecule has 0 amide bonds. The summed E-state index contributed by atoms with van der Waals surface area (Å²) >= 11 is 0. The summed E-state index contributed by atoms with van der Waals surface area (Å²) in [7, 11) is 1.42. The molecule has 0 aromatic heterocycles. The number of epoxide rings is 2. The first kappa shape index (κ1) is 11.9. The second-order valence-corrected chi connectivity index (χ2v) is 4.99. The molecule has 0 saturated carbocycles. The number of ether oxygens (including phenoxy) is 3. The molecule has 0 bridgehead atoms. The molecule has 3 aliphatic rings. The lowest BCUT2D eigenvalue weighted by molar-refractivity contribution is -0.135. The van der Waals surface area contributed by atoms with E-state index in [1.807, 2.05) is 6.08 Å². The Morgan fingerprint density at radius 1 is 1.56 bits per heavy atom. The van der Waals surface area contributed by atoms with Crippen molar-refractivity contribution < 1.29 is 19.0 Å². The van der Waals surface area contributed by atoms with Crippen LogP contribution in [-0.4, -0.2) is 37.5 Å². The molecule has 4 nitrogen and oxygen atoms in total. The Morgan fingerprint density at radius 3 is 3.00 bits per heavy atom. The summed E-state index contributed by atoms with van der Waals surface area (Å²) in [6.45, 7) is 2.08. The van der Waals surface area contributed by atoms with Crippen LogP contribution in [0.15, 0.2) is 23.3 Å². The van der Waals surface area contributed by atoms with Crippen molar-refractivity contribution in [1.82, 2.24) is 0 Å². The number of hydrogen-bond acceptors (Lipinski definition) is 4. The van der Waals surface area contributed by atoms with E-state index < -0.39 is 0 Å². The van der Waals surface area contributed by atoms with Crippen molar-refractivity contribution in [2.24, 2.45) is 0 Å². The van der Waals surface area contributed by atoms with Gasteiger partial charge in [0.05, 0.1) is 24.9 Å². The molecule has 4 unspecified atom stereocenters. The minimum absolute atomic E-state index is 0.0721. The van der Waals surface area contributed by atoms with Crippen LogP contribution in [0, 0.1) is 0 Å². The lowest BCUT2D eigenvalue weighted by Gasteiger charge is -2.12. The van der Waals surface area contributed by atoms with E-state index in [9.17, 15) is 4.79 Å². The third-order valence-electron chi connectivity index (χ3n) is 3.79. The summed E-state index contributed by atoms with van der Waals surface area (Å²) in [6, 6.07) is 0. The topological polar surface area (TPSA) is 51.4 Å². The van der Waals surface area contributed by atoms with Gasteiger partial charge in [-0.15, -0.1) is 0 Å². The van der Waals surface area contributed by atoms with E-state index in [0.29, 0.717) is 11.7 Å². The molecule has 0 aromatic rings. The van der Waals surface area contributed by atoms with E-state index in [1.165, 1.54) is 7.11 Å². The molecule has 4 atom stereocenters. The number of hydrogen-bond donors (Lipinski definition) is 0. The van der Waals surface area contributed by atoms with Gasteiger partial charge in [-0.05, 0) is 37.0 Å². The van der Waals surface area contributed by atoms with Gasteiger partial charge in [0.1, 0.15) is 12.2 Å². The van der Waals surface area contributed by atoms with Gasteiger partial charge >= 0.3 is 5.97 Å². The summed E-state index contributed by atoms with van der Waals surface area (Å²) in [4.78, 5) is 11.9. The maximum Gasteiger partial charge on any atom is 0.337 e. The molecule has 98 valence electrons. The zero-order valence-electron chi connectivity index (χ0n) is 10.7. The van der Waals surface area contributed by atoms with E-state index in [0.717, 1.165) is 24.8 Å². The second-order valence-electron chi connectivity index (χ2n) is 4.99. The van der Waals surface area contributed by atoms with Crippen molar-refractivity contribution >= 4 is 5.97 Å². The lowest BCUT2D eigenvalue weighted by atomic mass is 9.92. The standard InChI is InChI=1S/C14H18O4/c1-3-10-13(17-10)7-9(14(15)16-2)8-4-5-11-12(6-8)18-11/h6-7,10-13H,3-5H2,1-2H3. The maximum atomic E-state index is 11.9. The third kappa shape index (κ3) is 2.22. The summed E-state index contributed by atoms with van der Waals surface area (Å²) in [5.74, 6) is -0.272. The fourth-order valence-electron chi connectivity index (χ4n) is 2.55. The zero-order valence-corrected chi connectivity index (χ0v) is 10.7. The number of fused-ring (bicyclic) bond motifs is 1. The molecule has 0 N–H and O–H groups in total. The van der Waals surface area contributed by atoms with Crippen LogP contribution in [0.2, 0.25) is 0 Å². The molecule has 2 fully saturated rings. The van der Waals surface area contributed by atoms with Gasteiger partial charge in [-0.1, -0.05) is 6.92 Å². The lowest BCUT2D eigenvalue weighted by Crippen LogP contribution is -2.12. The predicted molar refractivity (Wildman–Crippen MR) is 65.0 cm³/mol. The van der Waals surface area contributed by atoms with Crippen molar-refractivity contribution in [1.29, 1.82) is 0 Å². The van der Waals surface area contributed by atoms with Crippen molar-refractivity contribution in [2.45, 2.75) is 50.6 Å². The summed E-state index contributed by atoms with van der Waals surface area (Å²) in [6.07, 6.45) is 7.75. The van der Waals surface area contributed by atoms with Crippen molar-refractivity contribution in [3.8, 4) is 0 Å². The number of methoxy groups -OCH3 is 1. The smallest absolute Gasteiger partial charge is 0.337 e. The Hall–Kier alpha value is -1.13. The first-order chi connectivity index (χ1) is 8.72. The van der Waals surface area contributed by atoms with Crippen LogP contribution < -0.4 is 0 Å².